The normalized spacial score (nSPS) is 10.0. The van der Waals surface area contributed by atoms with Crippen LogP contribution in [-0.2, 0) is 29.2 Å². The van der Waals surface area contributed by atoms with Crippen LogP contribution in [-0.4, -0.2) is 48.7 Å². The van der Waals surface area contributed by atoms with Gasteiger partial charge in [-0.25, -0.2) is 0 Å². The zero-order valence-electron chi connectivity index (χ0n) is 26.9. The number of amides is 1. The van der Waals surface area contributed by atoms with Crippen molar-refractivity contribution in [3.63, 3.8) is 0 Å². The lowest BCUT2D eigenvalue weighted by Crippen LogP contribution is -2.29. The molecule has 0 unspecified atom stereocenters. The van der Waals surface area contributed by atoms with Crippen molar-refractivity contribution >= 4 is 75.6 Å². The topological polar surface area (TPSA) is 194 Å². The number of ether oxygens (including phenoxy) is 2. The average Bonchev–Trinajstić information content (AvgIpc) is 3.09. The molecule has 0 atom stereocenters. The number of hydrogen-bond acceptors (Lipinski definition) is 9. The van der Waals surface area contributed by atoms with E-state index < -0.39 is 24.4 Å². The van der Waals surface area contributed by atoms with E-state index in [-0.39, 0.29) is 56.8 Å². The molecule has 0 saturated carbocycles. The molecule has 264 valence electrons. The Morgan fingerprint density at radius 3 is 1.45 bits per heavy atom. The Labute approximate surface area is 313 Å². The number of nitrogens with zero attached hydrogens (tertiary/aromatic N) is 2. The first-order valence-electron chi connectivity index (χ1n) is 14.6. The molecule has 1 amide bonds. The van der Waals surface area contributed by atoms with Crippen LogP contribution in [0.25, 0.3) is 0 Å². The van der Waals surface area contributed by atoms with E-state index in [4.69, 9.17) is 76.6 Å². The fourth-order valence-corrected chi connectivity index (χ4v) is 5.63. The molecule has 0 radical (unpaired) electrons. The van der Waals surface area contributed by atoms with E-state index in [1.807, 2.05) is 12.1 Å². The van der Waals surface area contributed by atoms with Crippen LogP contribution in [0.4, 0.5) is 11.4 Å². The fraction of sp³-hybridized carbons (Fsp3) is 0.171. The maximum atomic E-state index is 11.9. The zero-order chi connectivity index (χ0) is 37.7. The Morgan fingerprint density at radius 2 is 1.08 bits per heavy atom. The van der Waals surface area contributed by atoms with E-state index >= 15 is 0 Å². The smallest absolute Gasteiger partial charge is 0.322 e. The molecule has 0 aliphatic rings. The summed E-state index contributed by atoms with van der Waals surface area (Å²) in [4.78, 5) is 33.2. The number of hydrogen-bond donors (Lipinski definition) is 5. The Kier molecular flexibility index (Phi) is 15.0. The van der Waals surface area contributed by atoms with E-state index in [9.17, 15) is 14.4 Å². The van der Waals surface area contributed by atoms with Gasteiger partial charge in [0.2, 0.25) is 0 Å². The van der Waals surface area contributed by atoms with Crippen molar-refractivity contribution in [3.8, 4) is 23.6 Å². The zero-order valence-corrected chi connectivity index (χ0v) is 30.0. The number of carboxylic acids is 2. The molecule has 4 rings (SSSR count). The number of rotatable bonds is 13. The Morgan fingerprint density at radius 1 is 0.647 bits per heavy atom. The van der Waals surface area contributed by atoms with Gasteiger partial charge < -0.3 is 35.6 Å². The quantitative estimate of drug-likeness (QED) is 0.0908. The maximum Gasteiger partial charge on any atom is 0.322 e. The third-order valence-electron chi connectivity index (χ3n) is 6.66. The van der Waals surface area contributed by atoms with Gasteiger partial charge in [0.1, 0.15) is 19.8 Å². The SMILES string of the molecule is CNc1cc(C#N)cc(COc2c(Cl)cc(C(=O)NCC(=O)O)cc2Cl)c1.CNc1cc(C#N)cc(COc2c(Cl)cc(CC(=O)O)cc2Cl)c1. The Balaban J connectivity index is 0.000000277. The predicted octanol–water partition coefficient (Wildman–Crippen LogP) is 7.41. The second-order valence-corrected chi connectivity index (χ2v) is 12.1. The highest BCUT2D eigenvalue weighted by atomic mass is 35.5. The number of benzene rings is 4. The summed E-state index contributed by atoms with van der Waals surface area (Å²) < 4.78 is 11.3. The molecule has 0 aliphatic carbocycles. The van der Waals surface area contributed by atoms with Gasteiger partial charge in [0.15, 0.2) is 11.5 Å². The van der Waals surface area contributed by atoms with E-state index in [1.165, 1.54) is 24.3 Å². The molecule has 0 saturated heterocycles. The first kappa shape index (κ1) is 40.1. The molecule has 0 fully saturated rings. The monoisotopic (exact) mass is 771 g/mol. The molecule has 0 bridgehead atoms. The first-order chi connectivity index (χ1) is 24.3. The number of nitrogens with one attached hydrogen (secondary N) is 3. The second kappa shape index (κ2) is 19.1. The minimum Gasteiger partial charge on any atom is -0.486 e. The van der Waals surface area contributed by atoms with E-state index in [2.05, 4.69) is 28.1 Å². The van der Waals surface area contributed by atoms with Gasteiger partial charge in [-0.05, 0) is 77.4 Å². The standard InChI is InChI=1S/C18H15Cl2N3O4.C17H14Cl2N2O3/c1-22-13-3-10(7-21)2-11(4-13)9-27-17-14(19)5-12(6-15(17)20)18(26)23-8-16(24)25;1-21-13-3-11(8-20)2-12(4-13)9-24-17-14(18)5-10(6-15(17)19)7-16(22)23/h2-6,22H,8-9H2,1H3,(H,23,26)(H,24,25);2-6,21H,7,9H2,1H3,(H,22,23). The summed E-state index contributed by atoms with van der Waals surface area (Å²) in [5, 5.41) is 44.4. The van der Waals surface area contributed by atoms with Gasteiger partial charge in [0, 0.05) is 31.0 Å². The number of aliphatic carboxylic acids is 2. The number of halogens is 4. The van der Waals surface area contributed by atoms with Crippen molar-refractivity contribution in [2.45, 2.75) is 19.6 Å². The van der Waals surface area contributed by atoms with E-state index in [0.717, 1.165) is 22.5 Å². The van der Waals surface area contributed by atoms with Crippen molar-refractivity contribution in [2.75, 3.05) is 31.3 Å². The van der Waals surface area contributed by atoms with Crippen molar-refractivity contribution in [1.29, 1.82) is 10.5 Å². The van der Waals surface area contributed by atoms with Gasteiger partial charge in [0.05, 0.1) is 49.8 Å². The van der Waals surface area contributed by atoms with Gasteiger partial charge in [0.25, 0.3) is 5.91 Å². The van der Waals surface area contributed by atoms with Gasteiger partial charge in [-0.1, -0.05) is 46.4 Å². The third kappa shape index (κ3) is 12.2. The number of carbonyl (C=O) groups is 3. The van der Waals surface area contributed by atoms with Crippen LogP contribution in [0.5, 0.6) is 11.5 Å². The summed E-state index contributed by atoms with van der Waals surface area (Å²) in [6.45, 7) is -0.245. The van der Waals surface area contributed by atoms with Crippen LogP contribution < -0.4 is 25.4 Å². The summed E-state index contributed by atoms with van der Waals surface area (Å²) >= 11 is 24.6. The van der Waals surface area contributed by atoms with Gasteiger partial charge >= 0.3 is 11.9 Å². The van der Waals surface area contributed by atoms with E-state index in [1.54, 1.807) is 38.4 Å². The van der Waals surface area contributed by atoms with Crippen molar-refractivity contribution in [3.05, 3.63) is 114 Å². The van der Waals surface area contributed by atoms with Crippen molar-refractivity contribution in [1.82, 2.24) is 5.32 Å². The largest absolute Gasteiger partial charge is 0.486 e. The maximum absolute atomic E-state index is 11.9. The van der Waals surface area contributed by atoms with Gasteiger partial charge in [-0.15, -0.1) is 0 Å². The molecule has 0 spiro atoms. The lowest BCUT2D eigenvalue weighted by Gasteiger charge is -2.13. The third-order valence-corrected chi connectivity index (χ3v) is 7.78. The predicted molar refractivity (Wildman–Crippen MR) is 194 cm³/mol. The number of nitriles is 2. The summed E-state index contributed by atoms with van der Waals surface area (Å²) in [5.74, 6) is -2.29. The minimum atomic E-state index is -1.17. The second-order valence-electron chi connectivity index (χ2n) is 10.4. The molecule has 0 aromatic heterocycles. The molecule has 51 heavy (non-hydrogen) atoms. The molecule has 4 aromatic rings. The van der Waals surface area contributed by atoms with Crippen LogP contribution in [0.1, 0.15) is 38.2 Å². The molecule has 0 heterocycles. The number of carbonyl (C=O) groups excluding carboxylic acids is 1. The van der Waals surface area contributed by atoms with Crippen LogP contribution in [0.2, 0.25) is 20.1 Å². The molecular formula is C35H29Cl4N5O7. The van der Waals surface area contributed by atoms with E-state index in [0.29, 0.717) is 16.7 Å². The van der Waals surface area contributed by atoms with Crippen LogP contribution in [0, 0.1) is 22.7 Å². The number of carboxylic acid groups (broad SMARTS) is 2. The summed E-state index contributed by atoms with van der Waals surface area (Å²) in [5.41, 5.74) is 4.65. The van der Waals surface area contributed by atoms with Gasteiger partial charge in [-0.3, -0.25) is 14.4 Å². The molecule has 5 N–H and O–H groups in total. The highest BCUT2D eigenvalue weighted by Crippen LogP contribution is 2.36. The van der Waals surface area contributed by atoms with Crippen LogP contribution in [0.3, 0.4) is 0 Å². The van der Waals surface area contributed by atoms with Gasteiger partial charge in [-0.2, -0.15) is 10.5 Å². The fourth-order valence-electron chi connectivity index (χ4n) is 4.39. The summed E-state index contributed by atoms with van der Waals surface area (Å²) in [7, 11) is 3.50. The van der Waals surface area contributed by atoms with Crippen molar-refractivity contribution < 1.29 is 34.1 Å². The number of anilines is 2. The Hall–Kier alpha value is -5.37. The molecular weight excluding hydrogens is 744 g/mol. The van der Waals surface area contributed by atoms with Crippen LogP contribution in [0.15, 0.2) is 60.7 Å². The minimum absolute atomic E-state index is 0.105. The highest BCUT2D eigenvalue weighted by Gasteiger charge is 2.16. The Bertz CT molecular complexity index is 1980. The molecule has 16 heteroatoms. The molecule has 12 nitrogen and oxygen atoms in total. The summed E-state index contributed by atoms with van der Waals surface area (Å²) in [6.07, 6.45) is -0.171. The summed E-state index contributed by atoms with van der Waals surface area (Å²) in [6, 6.07) is 20.3. The van der Waals surface area contributed by atoms with Crippen molar-refractivity contribution in [2.24, 2.45) is 0 Å². The van der Waals surface area contributed by atoms with Crippen LogP contribution >= 0.6 is 46.4 Å². The molecule has 4 aromatic carbocycles. The average molecular weight is 773 g/mol. The molecule has 0 aliphatic heterocycles. The lowest BCUT2D eigenvalue weighted by molar-refractivity contribution is -0.137. The highest BCUT2D eigenvalue weighted by molar-refractivity contribution is 6.38. The first-order valence-corrected chi connectivity index (χ1v) is 16.2. The lowest BCUT2D eigenvalue weighted by atomic mass is 10.1.